The van der Waals surface area contributed by atoms with Gasteiger partial charge in [0.2, 0.25) is 0 Å². The molecule has 0 aliphatic carbocycles. The van der Waals surface area contributed by atoms with Crippen molar-refractivity contribution in [3.05, 3.63) is 56.5 Å². The molecule has 0 saturated carbocycles. The predicted molar refractivity (Wildman–Crippen MR) is 109 cm³/mol. The van der Waals surface area contributed by atoms with E-state index in [-0.39, 0.29) is 30.7 Å². The number of esters is 1. The van der Waals surface area contributed by atoms with E-state index in [1.165, 1.54) is 36.4 Å². The zero-order chi connectivity index (χ0) is 20.4. The smallest absolute Gasteiger partial charge is 0.327 e. The van der Waals surface area contributed by atoms with E-state index in [2.05, 4.69) is 0 Å². The van der Waals surface area contributed by atoms with E-state index in [9.17, 15) is 13.2 Å². The molecule has 0 bridgehead atoms. The summed E-state index contributed by atoms with van der Waals surface area (Å²) >= 11 is 24.0. The lowest BCUT2D eigenvalue weighted by molar-refractivity contribution is -0.145. The molecule has 146 valence electrons. The van der Waals surface area contributed by atoms with Crippen LogP contribution in [-0.2, 0) is 19.6 Å². The second-order valence-electron chi connectivity index (χ2n) is 5.75. The fourth-order valence-corrected chi connectivity index (χ4v) is 4.86. The highest BCUT2D eigenvalue weighted by Gasteiger charge is 2.30. The first-order valence-corrected chi connectivity index (χ1v) is 10.6. The number of ether oxygens (including phenoxy) is 1. The number of halogens is 4. The zero-order valence-electron chi connectivity index (χ0n) is 14.2. The molecule has 0 spiro atoms. The highest BCUT2D eigenvalue weighted by molar-refractivity contribution is 7.93. The Morgan fingerprint density at radius 2 is 1.59 bits per heavy atom. The number of carbonyl (C=O) groups excluding carboxylic acids is 1. The van der Waals surface area contributed by atoms with Crippen molar-refractivity contribution in [3.63, 3.8) is 0 Å². The molecular weight excluding hydrogens is 456 g/mol. The van der Waals surface area contributed by atoms with Gasteiger partial charge in [-0.2, -0.15) is 0 Å². The molecule has 0 aromatic heterocycles. The highest BCUT2D eigenvalue weighted by Crippen LogP contribution is 2.33. The largest absolute Gasteiger partial charge is 0.462 e. The molecule has 0 amide bonds. The van der Waals surface area contributed by atoms with Gasteiger partial charge in [-0.05, 0) is 50.2 Å². The molecule has 0 aliphatic rings. The lowest BCUT2D eigenvalue weighted by atomic mass is 10.3. The third-order valence-corrected chi connectivity index (χ3v) is 6.16. The van der Waals surface area contributed by atoms with E-state index in [4.69, 9.17) is 51.1 Å². The van der Waals surface area contributed by atoms with Crippen LogP contribution >= 0.6 is 46.4 Å². The van der Waals surface area contributed by atoms with E-state index < -0.39 is 28.6 Å². The predicted octanol–water partition coefficient (Wildman–Crippen LogP) is 5.45. The maximum Gasteiger partial charge on any atom is 0.327 e. The molecule has 27 heavy (non-hydrogen) atoms. The molecule has 2 aromatic carbocycles. The lowest BCUT2D eigenvalue weighted by Crippen LogP contribution is -2.37. The Labute approximate surface area is 177 Å². The quantitative estimate of drug-likeness (QED) is 0.526. The van der Waals surface area contributed by atoms with Crippen molar-refractivity contribution in [3.8, 4) is 0 Å². The summed E-state index contributed by atoms with van der Waals surface area (Å²) in [7, 11) is -4.27. The first kappa shape index (κ1) is 22.1. The molecule has 0 fully saturated rings. The maximum absolute atomic E-state index is 13.2. The number of carbonyl (C=O) groups is 1. The molecule has 0 atom stereocenters. The van der Waals surface area contributed by atoms with E-state index in [1.54, 1.807) is 13.8 Å². The van der Waals surface area contributed by atoms with Gasteiger partial charge in [-0.15, -0.1) is 0 Å². The minimum Gasteiger partial charge on any atom is -0.462 e. The Hall–Kier alpha value is -1.18. The van der Waals surface area contributed by atoms with Crippen LogP contribution in [0.5, 0.6) is 0 Å². The van der Waals surface area contributed by atoms with Crippen LogP contribution in [-0.4, -0.2) is 27.0 Å². The van der Waals surface area contributed by atoms with Gasteiger partial charge in [0, 0.05) is 15.1 Å². The number of benzene rings is 2. The maximum atomic E-state index is 13.2. The molecule has 0 aliphatic heterocycles. The normalized spacial score (nSPS) is 11.5. The third kappa shape index (κ3) is 5.65. The molecule has 5 nitrogen and oxygen atoms in total. The monoisotopic (exact) mass is 469 g/mol. The molecular formula is C17H15Cl4NO4S. The van der Waals surface area contributed by atoms with E-state index in [1.807, 2.05) is 0 Å². The summed E-state index contributed by atoms with van der Waals surface area (Å²) in [5.41, 5.74) is 0.0873. The van der Waals surface area contributed by atoms with Crippen LogP contribution in [0.15, 0.2) is 41.3 Å². The summed E-state index contributed by atoms with van der Waals surface area (Å²) in [6, 6.07) is 8.18. The molecule has 0 heterocycles. The minimum absolute atomic E-state index is 0.0465. The fraction of sp³-hybridized carbons (Fsp3) is 0.235. The van der Waals surface area contributed by atoms with Gasteiger partial charge in [-0.1, -0.05) is 46.4 Å². The average Bonchev–Trinajstić information content (AvgIpc) is 2.53. The van der Waals surface area contributed by atoms with E-state index >= 15 is 0 Å². The van der Waals surface area contributed by atoms with Gasteiger partial charge in [0.1, 0.15) is 11.4 Å². The van der Waals surface area contributed by atoms with Gasteiger partial charge in [0.05, 0.1) is 16.8 Å². The topological polar surface area (TPSA) is 63.7 Å². The second kappa shape index (κ2) is 8.88. The first-order valence-electron chi connectivity index (χ1n) is 7.64. The van der Waals surface area contributed by atoms with Gasteiger partial charge in [-0.3, -0.25) is 9.10 Å². The summed E-state index contributed by atoms with van der Waals surface area (Å²) in [6.45, 7) is 2.71. The van der Waals surface area contributed by atoms with Gasteiger partial charge in [0.25, 0.3) is 10.0 Å². The van der Waals surface area contributed by atoms with Crippen molar-refractivity contribution >= 4 is 68.1 Å². The Balaban J connectivity index is 2.60. The summed E-state index contributed by atoms with van der Waals surface area (Å²) in [6.07, 6.45) is -0.417. The Morgan fingerprint density at radius 1 is 1.00 bits per heavy atom. The zero-order valence-corrected chi connectivity index (χ0v) is 18.1. The fourth-order valence-electron chi connectivity index (χ4n) is 2.21. The van der Waals surface area contributed by atoms with Crippen molar-refractivity contribution in [1.82, 2.24) is 0 Å². The number of anilines is 1. The van der Waals surface area contributed by atoms with Crippen molar-refractivity contribution in [2.45, 2.75) is 24.8 Å². The SMILES string of the molecule is CC(C)OC(=O)CN(c1cc(Cl)cc(Cl)c1)S(=O)(=O)c1cc(Cl)ccc1Cl. The first-order chi connectivity index (χ1) is 12.5. The van der Waals surface area contributed by atoms with Crippen LogP contribution in [0.4, 0.5) is 5.69 Å². The number of rotatable bonds is 6. The minimum atomic E-state index is -4.27. The van der Waals surface area contributed by atoms with Crippen LogP contribution in [0.1, 0.15) is 13.8 Å². The van der Waals surface area contributed by atoms with Crippen molar-refractivity contribution in [2.24, 2.45) is 0 Å². The summed E-state index contributed by atoms with van der Waals surface area (Å²) < 4.78 is 32.4. The third-order valence-electron chi connectivity index (χ3n) is 3.24. The lowest BCUT2D eigenvalue weighted by Gasteiger charge is -2.25. The number of sulfonamides is 1. The van der Waals surface area contributed by atoms with Gasteiger partial charge < -0.3 is 4.74 Å². The van der Waals surface area contributed by atoms with E-state index in [0.29, 0.717) is 0 Å². The van der Waals surface area contributed by atoms with Crippen LogP contribution < -0.4 is 4.31 Å². The number of hydrogen-bond acceptors (Lipinski definition) is 4. The number of hydrogen-bond donors (Lipinski definition) is 0. The molecule has 0 saturated heterocycles. The van der Waals surface area contributed by atoms with Gasteiger partial charge >= 0.3 is 5.97 Å². The molecule has 2 rings (SSSR count). The van der Waals surface area contributed by atoms with Crippen molar-refractivity contribution in [1.29, 1.82) is 0 Å². The summed E-state index contributed by atoms with van der Waals surface area (Å²) in [4.78, 5) is 11.9. The molecule has 2 aromatic rings. The molecule has 0 unspecified atom stereocenters. The van der Waals surface area contributed by atoms with Crippen LogP contribution in [0, 0.1) is 0 Å². The van der Waals surface area contributed by atoms with Gasteiger partial charge in [0.15, 0.2) is 0 Å². The average molecular weight is 471 g/mol. The highest BCUT2D eigenvalue weighted by atomic mass is 35.5. The Kier molecular flexibility index (Phi) is 7.27. The Morgan fingerprint density at radius 3 is 2.15 bits per heavy atom. The second-order valence-corrected chi connectivity index (χ2v) is 9.30. The van der Waals surface area contributed by atoms with E-state index in [0.717, 1.165) is 4.31 Å². The Bertz CT molecular complexity index is 943. The molecule has 0 N–H and O–H groups in total. The van der Waals surface area contributed by atoms with Crippen molar-refractivity contribution in [2.75, 3.05) is 10.8 Å². The molecule has 0 radical (unpaired) electrons. The van der Waals surface area contributed by atoms with Crippen LogP contribution in [0.3, 0.4) is 0 Å². The molecule has 10 heteroatoms. The standard InChI is InChI=1S/C17H15Cl4NO4S/c1-10(2)26-17(23)9-22(14-6-12(19)5-13(20)7-14)27(24,25)16-8-11(18)3-4-15(16)21/h3-8,10H,9H2,1-2H3. The van der Waals surface area contributed by atoms with Crippen LogP contribution in [0.2, 0.25) is 20.1 Å². The van der Waals surface area contributed by atoms with Crippen LogP contribution in [0.25, 0.3) is 0 Å². The number of nitrogens with zero attached hydrogens (tertiary/aromatic N) is 1. The summed E-state index contributed by atoms with van der Waals surface area (Å²) in [5.74, 6) is -0.747. The van der Waals surface area contributed by atoms with Crippen molar-refractivity contribution < 1.29 is 17.9 Å². The summed E-state index contributed by atoms with van der Waals surface area (Å²) in [5, 5.41) is 0.529. The van der Waals surface area contributed by atoms with Gasteiger partial charge in [-0.25, -0.2) is 8.42 Å².